The zero-order chi connectivity index (χ0) is 18.6. The fourth-order valence-electron chi connectivity index (χ4n) is 2.20. The van der Waals surface area contributed by atoms with E-state index in [2.05, 4.69) is 28.1 Å². The Bertz CT molecular complexity index is 713. The third kappa shape index (κ3) is 7.02. The molecule has 0 unspecified atom stereocenters. The van der Waals surface area contributed by atoms with Crippen LogP contribution in [0.4, 0.5) is 16.2 Å². The fraction of sp³-hybridized carbons (Fsp3) is 0.278. The van der Waals surface area contributed by atoms with Crippen molar-refractivity contribution in [2.75, 3.05) is 30.7 Å². The van der Waals surface area contributed by atoms with Gasteiger partial charge in [-0.1, -0.05) is 30.3 Å². The van der Waals surface area contributed by atoms with Gasteiger partial charge in [0.25, 0.3) is 5.69 Å². The molecule has 0 bridgehead atoms. The first-order valence-corrected chi connectivity index (χ1v) is 9.32. The van der Waals surface area contributed by atoms with Crippen LogP contribution in [0.15, 0.2) is 59.5 Å². The highest BCUT2D eigenvalue weighted by molar-refractivity contribution is 7.99. The normalized spacial score (nSPS) is 10.2. The molecule has 8 heteroatoms. The molecule has 0 radical (unpaired) electrons. The topological polar surface area (TPSA) is 96.3 Å². The van der Waals surface area contributed by atoms with E-state index in [0.29, 0.717) is 25.3 Å². The maximum absolute atomic E-state index is 11.7. The number of nitro groups is 1. The largest absolute Gasteiger partial charge is 0.378 e. The van der Waals surface area contributed by atoms with E-state index >= 15 is 0 Å². The fourth-order valence-corrected chi connectivity index (χ4v) is 3.07. The van der Waals surface area contributed by atoms with Gasteiger partial charge in [-0.05, 0) is 30.4 Å². The zero-order valence-corrected chi connectivity index (χ0v) is 15.1. The summed E-state index contributed by atoms with van der Waals surface area (Å²) in [5.41, 5.74) is 0.463. The van der Waals surface area contributed by atoms with Crippen molar-refractivity contribution in [3.05, 3.63) is 64.7 Å². The predicted octanol–water partition coefficient (Wildman–Crippen LogP) is 3.49. The minimum atomic E-state index is -0.435. The van der Waals surface area contributed by atoms with Crippen molar-refractivity contribution in [3.8, 4) is 0 Å². The average molecular weight is 374 g/mol. The lowest BCUT2D eigenvalue weighted by atomic mass is 10.2. The number of carbonyl (C=O) groups is 1. The Kier molecular flexibility index (Phi) is 8.28. The summed E-state index contributed by atoms with van der Waals surface area (Å²) in [7, 11) is 0. The van der Waals surface area contributed by atoms with Crippen LogP contribution < -0.4 is 16.0 Å². The highest BCUT2D eigenvalue weighted by Gasteiger charge is 2.11. The lowest BCUT2D eigenvalue weighted by molar-refractivity contribution is -0.384. The summed E-state index contributed by atoms with van der Waals surface area (Å²) in [5.74, 6) is 0.934. The molecular weight excluding hydrogens is 352 g/mol. The van der Waals surface area contributed by atoms with E-state index in [1.54, 1.807) is 30.0 Å². The first kappa shape index (κ1) is 19.6. The van der Waals surface area contributed by atoms with Crippen molar-refractivity contribution in [2.24, 2.45) is 0 Å². The van der Waals surface area contributed by atoms with Gasteiger partial charge in [-0.15, -0.1) is 11.8 Å². The molecule has 0 heterocycles. The first-order chi connectivity index (χ1) is 12.7. The van der Waals surface area contributed by atoms with Gasteiger partial charge in [0, 0.05) is 30.6 Å². The molecule has 7 nitrogen and oxygen atoms in total. The summed E-state index contributed by atoms with van der Waals surface area (Å²) < 4.78 is 0. The van der Waals surface area contributed by atoms with Crippen LogP contribution >= 0.6 is 11.8 Å². The van der Waals surface area contributed by atoms with Crippen LogP contribution in [0.25, 0.3) is 0 Å². The van der Waals surface area contributed by atoms with Crippen LogP contribution in [0.3, 0.4) is 0 Å². The van der Waals surface area contributed by atoms with Crippen molar-refractivity contribution in [2.45, 2.75) is 11.3 Å². The second kappa shape index (κ2) is 11.0. The van der Waals surface area contributed by atoms with Crippen LogP contribution in [-0.4, -0.2) is 36.3 Å². The van der Waals surface area contributed by atoms with Gasteiger partial charge < -0.3 is 16.0 Å². The highest BCUT2D eigenvalue weighted by Crippen LogP contribution is 2.22. The molecule has 2 aromatic rings. The molecular formula is C18H22N4O3S. The number of amides is 2. The number of rotatable bonds is 10. The van der Waals surface area contributed by atoms with E-state index in [1.165, 1.54) is 11.0 Å². The molecule has 26 heavy (non-hydrogen) atoms. The molecule has 0 atom stereocenters. The molecule has 0 aliphatic heterocycles. The number of para-hydroxylation sites is 2. The van der Waals surface area contributed by atoms with Crippen LogP contribution in [0, 0.1) is 10.1 Å². The summed E-state index contributed by atoms with van der Waals surface area (Å²) >= 11 is 1.76. The number of nitrogens with one attached hydrogen (secondary N) is 3. The molecule has 0 spiro atoms. The van der Waals surface area contributed by atoms with Gasteiger partial charge in [-0.3, -0.25) is 10.1 Å². The van der Waals surface area contributed by atoms with Crippen molar-refractivity contribution in [1.82, 2.24) is 10.6 Å². The van der Waals surface area contributed by atoms with Gasteiger partial charge in [0.05, 0.1) is 4.92 Å². The van der Waals surface area contributed by atoms with E-state index in [0.717, 1.165) is 12.2 Å². The molecule has 138 valence electrons. The van der Waals surface area contributed by atoms with Crippen molar-refractivity contribution in [1.29, 1.82) is 0 Å². The van der Waals surface area contributed by atoms with E-state index < -0.39 is 4.92 Å². The summed E-state index contributed by atoms with van der Waals surface area (Å²) in [6.07, 6.45) is 0.876. The number of benzene rings is 2. The Balaban J connectivity index is 1.55. The molecule has 0 saturated heterocycles. The van der Waals surface area contributed by atoms with Gasteiger partial charge in [0.2, 0.25) is 0 Å². The van der Waals surface area contributed by atoms with E-state index in [1.807, 2.05) is 18.2 Å². The summed E-state index contributed by atoms with van der Waals surface area (Å²) in [5, 5.41) is 19.4. The number of anilines is 1. The highest BCUT2D eigenvalue weighted by atomic mass is 32.2. The average Bonchev–Trinajstić information content (AvgIpc) is 2.66. The van der Waals surface area contributed by atoms with Crippen LogP contribution in [0.1, 0.15) is 6.42 Å². The second-order valence-electron chi connectivity index (χ2n) is 5.40. The SMILES string of the molecule is O=C(NCCCSc1ccccc1)NCCNc1ccccc1[N+](=O)[O-]. The minimum Gasteiger partial charge on any atom is -0.378 e. The molecule has 0 aromatic heterocycles. The maximum Gasteiger partial charge on any atom is 0.314 e. The molecule has 0 aliphatic carbocycles. The molecule has 0 saturated carbocycles. The molecule has 0 fully saturated rings. The number of nitrogens with zero attached hydrogens (tertiary/aromatic N) is 1. The Morgan fingerprint density at radius 2 is 1.65 bits per heavy atom. The molecule has 0 aliphatic rings. The Hall–Kier alpha value is -2.74. The first-order valence-electron chi connectivity index (χ1n) is 8.33. The Labute approximate surface area is 156 Å². The minimum absolute atomic E-state index is 0.0212. The second-order valence-corrected chi connectivity index (χ2v) is 6.57. The van der Waals surface area contributed by atoms with E-state index in [4.69, 9.17) is 0 Å². The molecule has 2 aromatic carbocycles. The number of urea groups is 1. The van der Waals surface area contributed by atoms with Gasteiger partial charge in [-0.25, -0.2) is 4.79 Å². The number of carbonyl (C=O) groups excluding carboxylic acids is 1. The quantitative estimate of drug-likeness (QED) is 0.256. The van der Waals surface area contributed by atoms with E-state index in [9.17, 15) is 14.9 Å². The summed E-state index contributed by atoms with van der Waals surface area (Å²) in [6, 6.07) is 16.3. The van der Waals surface area contributed by atoms with Gasteiger partial charge in [0.15, 0.2) is 0 Å². The summed E-state index contributed by atoms with van der Waals surface area (Å²) in [4.78, 5) is 23.4. The molecule has 2 amide bonds. The standard InChI is InChI=1S/C18H22N4O3S/c23-18(20-11-6-14-26-15-7-2-1-3-8-15)21-13-12-19-16-9-4-5-10-17(16)22(24)25/h1-5,7-10,19H,6,11-14H2,(H2,20,21,23). The molecule has 2 rings (SSSR count). The van der Waals surface area contributed by atoms with E-state index in [-0.39, 0.29) is 11.7 Å². The number of nitro benzene ring substituents is 1. The maximum atomic E-state index is 11.7. The zero-order valence-electron chi connectivity index (χ0n) is 14.3. The lowest BCUT2D eigenvalue weighted by Gasteiger charge is -2.09. The van der Waals surface area contributed by atoms with Gasteiger partial charge in [0.1, 0.15) is 5.69 Å². The van der Waals surface area contributed by atoms with Crippen LogP contribution in [0.2, 0.25) is 0 Å². The van der Waals surface area contributed by atoms with Crippen molar-refractivity contribution >= 4 is 29.2 Å². The Morgan fingerprint density at radius 1 is 0.962 bits per heavy atom. The summed E-state index contributed by atoms with van der Waals surface area (Å²) in [6.45, 7) is 1.38. The Morgan fingerprint density at radius 3 is 2.42 bits per heavy atom. The van der Waals surface area contributed by atoms with Gasteiger partial charge >= 0.3 is 6.03 Å². The number of hydrogen-bond donors (Lipinski definition) is 3. The smallest absolute Gasteiger partial charge is 0.314 e. The number of thioether (sulfide) groups is 1. The van der Waals surface area contributed by atoms with Crippen LogP contribution in [-0.2, 0) is 0 Å². The van der Waals surface area contributed by atoms with Gasteiger partial charge in [-0.2, -0.15) is 0 Å². The monoisotopic (exact) mass is 374 g/mol. The lowest BCUT2D eigenvalue weighted by Crippen LogP contribution is -2.38. The third-order valence-electron chi connectivity index (χ3n) is 3.45. The van der Waals surface area contributed by atoms with Crippen LogP contribution in [0.5, 0.6) is 0 Å². The number of hydrogen-bond acceptors (Lipinski definition) is 5. The third-order valence-corrected chi connectivity index (χ3v) is 4.54. The molecule has 3 N–H and O–H groups in total. The van der Waals surface area contributed by atoms with Crippen molar-refractivity contribution in [3.63, 3.8) is 0 Å². The predicted molar refractivity (Wildman–Crippen MR) is 105 cm³/mol. The van der Waals surface area contributed by atoms with Crippen molar-refractivity contribution < 1.29 is 9.72 Å².